The summed E-state index contributed by atoms with van der Waals surface area (Å²) < 4.78 is 31.8. The van der Waals surface area contributed by atoms with E-state index in [-0.39, 0.29) is 23.3 Å². The third kappa shape index (κ3) is 4.95. The lowest BCUT2D eigenvalue weighted by Gasteiger charge is -2.11. The molecule has 0 aliphatic rings. The molecule has 3 N–H and O–H groups in total. The zero-order valence-corrected chi connectivity index (χ0v) is 14.4. The summed E-state index contributed by atoms with van der Waals surface area (Å²) in [5, 5.41) is 12.3. The van der Waals surface area contributed by atoms with E-state index in [9.17, 15) is 13.5 Å². The predicted molar refractivity (Wildman–Crippen MR) is 91.1 cm³/mol. The van der Waals surface area contributed by atoms with E-state index in [2.05, 4.69) is 20.0 Å². The van der Waals surface area contributed by atoms with Crippen molar-refractivity contribution in [3.05, 3.63) is 36.7 Å². The smallest absolute Gasteiger partial charge is 0.264 e. The standard InChI is InChI=1S/C14H17ClN4O4S/c1-23-12-8-17-14(18-9-12)19-24(21,22)13-4-2-10(3-5-13)16-7-11(20)6-15/h2-5,8-9,11,16,20H,6-7H2,1H3,(H,17,18,19). The number of aliphatic hydroxyl groups is 1. The van der Waals surface area contributed by atoms with E-state index in [0.29, 0.717) is 11.4 Å². The summed E-state index contributed by atoms with van der Waals surface area (Å²) in [6.07, 6.45) is 2.05. The van der Waals surface area contributed by atoms with Gasteiger partial charge >= 0.3 is 0 Å². The Balaban J connectivity index is 2.05. The highest BCUT2D eigenvalue weighted by Crippen LogP contribution is 2.17. The van der Waals surface area contributed by atoms with Gasteiger partial charge in [0.15, 0.2) is 5.75 Å². The number of hydrogen-bond donors (Lipinski definition) is 3. The van der Waals surface area contributed by atoms with Gasteiger partial charge in [0.05, 0.1) is 36.4 Å². The Morgan fingerprint density at radius 1 is 1.25 bits per heavy atom. The van der Waals surface area contributed by atoms with Crippen molar-refractivity contribution >= 4 is 33.3 Å². The molecule has 2 rings (SSSR count). The van der Waals surface area contributed by atoms with Crippen molar-refractivity contribution in [2.45, 2.75) is 11.0 Å². The van der Waals surface area contributed by atoms with E-state index in [0.717, 1.165) is 0 Å². The molecule has 0 saturated heterocycles. The van der Waals surface area contributed by atoms with Crippen LogP contribution < -0.4 is 14.8 Å². The molecule has 130 valence electrons. The number of alkyl halides is 1. The number of hydrogen-bond acceptors (Lipinski definition) is 7. The molecule has 10 heteroatoms. The summed E-state index contributed by atoms with van der Waals surface area (Å²) in [5.74, 6) is 0.487. The molecular weight excluding hydrogens is 356 g/mol. The molecule has 8 nitrogen and oxygen atoms in total. The summed E-state index contributed by atoms with van der Waals surface area (Å²) in [4.78, 5) is 7.77. The van der Waals surface area contributed by atoms with Gasteiger partial charge in [0.2, 0.25) is 5.95 Å². The number of anilines is 2. The molecule has 1 unspecified atom stereocenters. The summed E-state index contributed by atoms with van der Waals surface area (Å²) in [5.41, 5.74) is 0.666. The van der Waals surface area contributed by atoms with Gasteiger partial charge < -0.3 is 15.2 Å². The van der Waals surface area contributed by atoms with Crippen LogP contribution in [0.2, 0.25) is 0 Å². The lowest BCUT2D eigenvalue weighted by Crippen LogP contribution is -2.20. The topological polar surface area (TPSA) is 113 Å². The Morgan fingerprint density at radius 3 is 2.42 bits per heavy atom. The number of halogens is 1. The molecule has 0 bridgehead atoms. The summed E-state index contributed by atoms with van der Waals surface area (Å²) in [7, 11) is -2.34. The first kappa shape index (κ1) is 18.2. The number of methoxy groups -OCH3 is 1. The molecular formula is C14H17ClN4O4S. The predicted octanol–water partition coefficient (Wildman–Crippen LogP) is 1.30. The van der Waals surface area contributed by atoms with Gasteiger partial charge in [-0.2, -0.15) is 0 Å². The molecule has 1 atom stereocenters. The van der Waals surface area contributed by atoms with Crippen LogP contribution in [0, 0.1) is 0 Å². The Morgan fingerprint density at radius 2 is 1.88 bits per heavy atom. The van der Waals surface area contributed by atoms with E-state index >= 15 is 0 Å². The molecule has 0 saturated carbocycles. The van der Waals surface area contributed by atoms with E-state index in [4.69, 9.17) is 16.3 Å². The summed E-state index contributed by atoms with van der Waals surface area (Å²) in [6, 6.07) is 6.04. The van der Waals surface area contributed by atoms with Crippen molar-refractivity contribution in [1.29, 1.82) is 0 Å². The Bertz CT molecular complexity index is 753. The Hall–Kier alpha value is -2.10. The maximum absolute atomic E-state index is 12.3. The van der Waals surface area contributed by atoms with Crippen molar-refractivity contribution < 1.29 is 18.3 Å². The average Bonchev–Trinajstić information content (AvgIpc) is 2.60. The number of ether oxygens (including phenoxy) is 1. The van der Waals surface area contributed by atoms with Crippen LogP contribution in [0.15, 0.2) is 41.6 Å². The van der Waals surface area contributed by atoms with Crippen LogP contribution >= 0.6 is 11.6 Å². The normalized spacial score (nSPS) is 12.5. The van der Waals surface area contributed by atoms with Crippen molar-refractivity contribution in [1.82, 2.24) is 9.97 Å². The Labute approximate surface area is 144 Å². The minimum absolute atomic E-state index is 0.0526. The second-order valence-corrected chi connectivity index (χ2v) is 6.76. The number of benzene rings is 1. The number of rotatable bonds is 8. The molecule has 0 aliphatic heterocycles. The second kappa shape index (κ2) is 8.13. The number of nitrogens with one attached hydrogen (secondary N) is 2. The first-order valence-corrected chi connectivity index (χ1v) is 8.93. The molecule has 0 spiro atoms. The highest BCUT2D eigenvalue weighted by molar-refractivity contribution is 7.92. The molecule has 24 heavy (non-hydrogen) atoms. The molecule has 0 aliphatic carbocycles. The monoisotopic (exact) mass is 372 g/mol. The number of aromatic nitrogens is 2. The van der Waals surface area contributed by atoms with E-state index in [1.54, 1.807) is 12.1 Å². The van der Waals surface area contributed by atoms with Gasteiger partial charge in [0.1, 0.15) is 0 Å². The van der Waals surface area contributed by atoms with Crippen molar-refractivity contribution in [3.8, 4) is 5.75 Å². The van der Waals surface area contributed by atoms with Gasteiger partial charge in [-0.3, -0.25) is 0 Å². The van der Waals surface area contributed by atoms with Crippen LogP contribution in [0.1, 0.15) is 0 Å². The lowest BCUT2D eigenvalue weighted by molar-refractivity contribution is 0.211. The highest BCUT2D eigenvalue weighted by Gasteiger charge is 2.15. The van der Waals surface area contributed by atoms with Crippen LogP contribution in [-0.4, -0.2) is 49.1 Å². The average molecular weight is 373 g/mol. The van der Waals surface area contributed by atoms with E-state index in [1.165, 1.54) is 31.6 Å². The minimum Gasteiger partial charge on any atom is -0.494 e. The van der Waals surface area contributed by atoms with E-state index < -0.39 is 16.1 Å². The molecule has 1 heterocycles. The summed E-state index contributed by atoms with van der Waals surface area (Å²) in [6.45, 7) is 0.271. The fourth-order valence-electron chi connectivity index (χ4n) is 1.70. The maximum atomic E-state index is 12.3. The zero-order chi connectivity index (χ0) is 17.6. The van der Waals surface area contributed by atoms with Gasteiger partial charge in [-0.05, 0) is 24.3 Å². The maximum Gasteiger partial charge on any atom is 0.264 e. The number of nitrogens with zero attached hydrogens (tertiary/aromatic N) is 2. The third-order valence-electron chi connectivity index (χ3n) is 2.97. The molecule has 0 amide bonds. The fraction of sp³-hybridized carbons (Fsp3) is 0.286. The van der Waals surface area contributed by atoms with Gasteiger partial charge in [-0.15, -0.1) is 11.6 Å². The van der Waals surface area contributed by atoms with Crippen LogP contribution in [-0.2, 0) is 10.0 Å². The molecule has 0 fully saturated rings. The van der Waals surface area contributed by atoms with Crippen LogP contribution in [0.3, 0.4) is 0 Å². The largest absolute Gasteiger partial charge is 0.494 e. The first-order chi connectivity index (χ1) is 11.4. The third-order valence-corrected chi connectivity index (χ3v) is 4.67. The van der Waals surface area contributed by atoms with Crippen molar-refractivity contribution in [2.24, 2.45) is 0 Å². The molecule has 2 aromatic rings. The van der Waals surface area contributed by atoms with Crippen LogP contribution in [0.4, 0.5) is 11.6 Å². The fourth-order valence-corrected chi connectivity index (χ4v) is 2.76. The SMILES string of the molecule is COc1cnc(NS(=O)(=O)c2ccc(NCC(O)CCl)cc2)nc1. The van der Waals surface area contributed by atoms with Crippen LogP contribution in [0.25, 0.3) is 0 Å². The quantitative estimate of drug-likeness (QED) is 0.598. The van der Waals surface area contributed by atoms with Gasteiger partial charge in [-0.1, -0.05) is 0 Å². The molecule has 0 radical (unpaired) electrons. The number of sulfonamides is 1. The van der Waals surface area contributed by atoms with Gasteiger partial charge in [0.25, 0.3) is 10.0 Å². The first-order valence-electron chi connectivity index (χ1n) is 6.91. The van der Waals surface area contributed by atoms with Gasteiger partial charge in [0, 0.05) is 12.2 Å². The molecule has 1 aromatic heterocycles. The second-order valence-electron chi connectivity index (χ2n) is 4.77. The lowest BCUT2D eigenvalue weighted by atomic mass is 10.3. The molecule has 1 aromatic carbocycles. The zero-order valence-electron chi connectivity index (χ0n) is 12.8. The minimum atomic E-state index is -3.80. The van der Waals surface area contributed by atoms with E-state index in [1.807, 2.05) is 0 Å². The summed E-state index contributed by atoms with van der Waals surface area (Å²) >= 11 is 5.50. The van der Waals surface area contributed by atoms with Gasteiger partial charge in [-0.25, -0.2) is 23.1 Å². The Kier molecular flexibility index (Phi) is 6.18. The van der Waals surface area contributed by atoms with Crippen molar-refractivity contribution in [3.63, 3.8) is 0 Å². The highest BCUT2D eigenvalue weighted by atomic mass is 35.5. The number of aliphatic hydroxyl groups excluding tert-OH is 1. The van der Waals surface area contributed by atoms with Crippen LogP contribution in [0.5, 0.6) is 5.75 Å². The van der Waals surface area contributed by atoms with Crippen molar-refractivity contribution in [2.75, 3.05) is 29.6 Å².